The van der Waals surface area contributed by atoms with Crippen LogP contribution in [0.1, 0.15) is 49.3 Å². The number of halogens is 2. The molecule has 0 spiro atoms. The number of amides is 1. The Bertz CT molecular complexity index is 2000. The van der Waals surface area contributed by atoms with Gasteiger partial charge in [0.25, 0.3) is 5.56 Å². The van der Waals surface area contributed by atoms with E-state index in [1.807, 2.05) is 6.07 Å². The van der Waals surface area contributed by atoms with E-state index in [0.717, 1.165) is 5.56 Å². The molecule has 5 aromatic rings. The molecule has 0 saturated heterocycles. The first-order valence-electron chi connectivity index (χ1n) is 14.2. The topological polar surface area (TPSA) is 124 Å². The first kappa shape index (κ1) is 29.4. The molecule has 0 aliphatic heterocycles. The van der Waals surface area contributed by atoms with Gasteiger partial charge in [-0.3, -0.25) is 18.9 Å². The van der Waals surface area contributed by atoms with Gasteiger partial charge in [-0.15, -0.1) is 0 Å². The maximum Gasteiger partial charge on any atom is 0.263 e. The Kier molecular flexibility index (Phi) is 8.09. The number of fused-ring (bicyclic) bond motifs is 1. The molecule has 1 saturated carbocycles. The molecule has 0 radical (unpaired) electrons. The van der Waals surface area contributed by atoms with Gasteiger partial charge in [0, 0.05) is 28.8 Å². The van der Waals surface area contributed by atoms with Gasteiger partial charge in [-0.05, 0) is 97.7 Å². The van der Waals surface area contributed by atoms with E-state index in [4.69, 9.17) is 4.52 Å². The lowest BCUT2D eigenvalue weighted by atomic mass is 10.0. The summed E-state index contributed by atoms with van der Waals surface area (Å²) >= 11 is 0. The van der Waals surface area contributed by atoms with Crippen molar-refractivity contribution in [2.45, 2.75) is 50.2 Å². The fraction of sp³-hybridized carbons (Fsp3) is 0.250. The van der Waals surface area contributed by atoms with Gasteiger partial charge < -0.3 is 4.52 Å². The number of nitrogens with zero attached hydrogens (tertiary/aromatic N) is 3. The zero-order valence-electron chi connectivity index (χ0n) is 23.5. The van der Waals surface area contributed by atoms with Crippen LogP contribution in [0.5, 0.6) is 0 Å². The van der Waals surface area contributed by atoms with Gasteiger partial charge in [-0.25, -0.2) is 17.2 Å². The zero-order valence-corrected chi connectivity index (χ0v) is 24.3. The normalized spacial score (nSPS) is 13.3. The molecule has 1 aliphatic carbocycles. The summed E-state index contributed by atoms with van der Waals surface area (Å²) in [6.45, 7) is 0. The number of nitrogens with one attached hydrogen (secondary N) is 1. The van der Waals surface area contributed by atoms with Crippen molar-refractivity contribution in [3.05, 3.63) is 112 Å². The molecule has 12 heteroatoms. The van der Waals surface area contributed by atoms with E-state index in [2.05, 4.69) is 14.9 Å². The van der Waals surface area contributed by atoms with Gasteiger partial charge in [0.15, 0.2) is 0 Å². The second-order valence-corrected chi connectivity index (χ2v) is 12.8. The molecule has 9 nitrogen and oxygen atoms in total. The maximum atomic E-state index is 13.7. The molecule has 3 aromatic carbocycles. The van der Waals surface area contributed by atoms with Crippen LogP contribution in [-0.2, 0) is 27.7 Å². The van der Waals surface area contributed by atoms with Crippen LogP contribution in [0.4, 0.5) is 8.78 Å². The van der Waals surface area contributed by atoms with Crippen molar-refractivity contribution in [1.29, 1.82) is 0 Å². The van der Waals surface area contributed by atoms with Gasteiger partial charge in [0.2, 0.25) is 27.6 Å². The lowest BCUT2D eigenvalue weighted by molar-refractivity contribution is -0.119. The molecule has 0 bridgehead atoms. The Balaban J connectivity index is 1.25. The minimum atomic E-state index is -3.60. The fourth-order valence-electron chi connectivity index (χ4n) is 5.05. The summed E-state index contributed by atoms with van der Waals surface area (Å²) in [5.74, 6) is -0.623. The van der Waals surface area contributed by atoms with Crippen LogP contribution in [0.25, 0.3) is 27.8 Å². The van der Waals surface area contributed by atoms with Crippen LogP contribution in [-0.4, -0.2) is 34.3 Å². The van der Waals surface area contributed by atoms with E-state index in [1.165, 1.54) is 41.0 Å². The fourth-order valence-corrected chi connectivity index (χ4v) is 6.39. The number of rotatable bonds is 11. The molecule has 1 amide bonds. The summed E-state index contributed by atoms with van der Waals surface area (Å²) in [5, 5.41) is 4.67. The van der Waals surface area contributed by atoms with E-state index in [1.54, 1.807) is 30.3 Å². The highest BCUT2D eigenvalue weighted by atomic mass is 32.2. The predicted octanol–water partition coefficient (Wildman–Crippen LogP) is 5.23. The van der Waals surface area contributed by atoms with Gasteiger partial charge in [0.1, 0.15) is 11.6 Å². The van der Waals surface area contributed by atoms with Crippen LogP contribution in [0.3, 0.4) is 0 Å². The third-order valence-electron chi connectivity index (χ3n) is 7.48. The number of aryl methyl sites for hydroxylation is 1. The smallest absolute Gasteiger partial charge is 0.263 e. The largest absolute Gasteiger partial charge is 0.339 e. The molecule has 6 rings (SSSR count). The Hall–Kier alpha value is -4.71. The molecule has 2 heterocycles. The summed E-state index contributed by atoms with van der Waals surface area (Å²) in [4.78, 5) is 30.4. The standard InChI is InChI=1S/C32H28F2N4O5S/c33-23-8-5-20(6-9-23)17-30-35-31(36-43-30)21-7-16-28-22(18-21)19-26(38(32(28)40)25-12-10-24(34)11-13-25)3-1-2-4-29(39)37-44(41,42)27-14-15-27/h5-13,16,18-19,27H,1-4,14-15,17H2,(H,37,39). The third kappa shape index (κ3) is 6.60. The van der Waals surface area contributed by atoms with Crippen LogP contribution in [0.2, 0.25) is 0 Å². The Morgan fingerprint density at radius 2 is 1.66 bits per heavy atom. The summed E-state index contributed by atoms with van der Waals surface area (Å²) in [6.07, 6.45) is 2.80. The Morgan fingerprint density at radius 3 is 2.36 bits per heavy atom. The van der Waals surface area contributed by atoms with Crippen LogP contribution >= 0.6 is 0 Å². The van der Waals surface area contributed by atoms with E-state index >= 15 is 0 Å². The van der Waals surface area contributed by atoms with Crippen molar-refractivity contribution in [2.24, 2.45) is 0 Å². The van der Waals surface area contributed by atoms with E-state index in [0.29, 0.717) is 78.0 Å². The Morgan fingerprint density at radius 1 is 0.955 bits per heavy atom. The number of benzene rings is 3. The van der Waals surface area contributed by atoms with E-state index in [9.17, 15) is 26.8 Å². The second kappa shape index (κ2) is 12.1. The average molecular weight is 619 g/mol. The van der Waals surface area contributed by atoms with Crippen molar-refractivity contribution in [1.82, 2.24) is 19.4 Å². The van der Waals surface area contributed by atoms with Crippen molar-refractivity contribution in [3.63, 3.8) is 0 Å². The minimum Gasteiger partial charge on any atom is -0.339 e. The Labute approximate surface area is 251 Å². The number of hydrogen-bond donors (Lipinski definition) is 1. The van der Waals surface area contributed by atoms with Gasteiger partial charge in [-0.1, -0.05) is 23.4 Å². The molecule has 0 atom stereocenters. The molecule has 1 fully saturated rings. The lowest BCUT2D eigenvalue weighted by Crippen LogP contribution is -2.33. The highest BCUT2D eigenvalue weighted by Gasteiger charge is 2.36. The number of pyridine rings is 1. The molecule has 1 aliphatic rings. The quantitative estimate of drug-likeness (QED) is 0.201. The average Bonchev–Trinajstić information content (AvgIpc) is 3.77. The number of sulfonamides is 1. The first-order chi connectivity index (χ1) is 21.2. The monoisotopic (exact) mass is 618 g/mol. The van der Waals surface area contributed by atoms with Crippen molar-refractivity contribution >= 4 is 26.7 Å². The van der Waals surface area contributed by atoms with Gasteiger partial charge in [0.05, 0.1) is 11.7 Å². The van der Waals surface area contributed by atoms with Gasteiger partial charge in [-0.2, -0.15) is 4.98 Å². The molecular formula is C32H28F2N4O5S. The third-order valence-corrected chi connectivity index (χ3v) is 9.34. The predicted molar refractivity (Wildman–Crippen MR) is 160 cm³/mol. The second-order valence-electron chi connectivity index (χ2n) is 10.8. The van der Waals surface area contributed by atoms with E-state index in [-0.39, 0.29) is 17.8 Å². The van der Waals surface area contributed by atoms with Crippen LogP contribution in [0.15, 0.2) is 82.1 Å². The molecule has 1 N–H and O–H groups in total. The van der Waals surface area contributed by atoms with Crippen LogP contribution in [0, 0.1) is 11.6 Å². The molecule has 2 aromatic heterocycles. The lowest BCUT2D eigenvalue weighted by Gasteiger charge is -2.15. The number of carbonyl (C=O) groups excluding carboxylic acids is 1. The number of unbranched alkanes of at least 4 members (excludes halogenated alkanes) is 1. The minimum absolute atomic E-state index is 0.0303. The maximum absolute atomic E-state index is 13.7. The molecule has 0 unspecified atom stereocenters. The summed E-state index contributed by atoms with van der Waals surface area (Å²) in [5.41, 5.74) is 2.28. The summed E-state index contributed by atoms with van der Waals surface area (Å²) in [7, 11) is -3.60. The number of aromatic nitrogens is 3. The summed E-state index contributed by atoms with van der Waals surface area (Å²) in [6, 6.07) is 18.7. The number of carbonyl (C=O) groups is 1. The highest BCUT2D eigenvalue weighted by Crippen LogP contribution is 2.28. The highest BCUT2D eigenvalue weighted by molar-refractivity contribution is 7.90. The molecule has 226 valence electrons. The van der Waals surface area contributed by atoms with Crippen molar-refractivity contribution < 1.29 is 26.5 Å². The van der Waals surface area contributed by atoms with Crippen LogP contribution < -0.4 is 10.3 Å². The first-order valence-corrected chi connectivity index (χ1v) is 15.8. The molecular weight excluding hydrogens is 590 g/mol. The van der Waals surface area contributed by atoms with Crippen molar-refractivity contribution in [3.8, 4) is 17.1 Å². The van der Waals surface area contributed by atoms with E-state index < -0.39 is 27.0 Å². The summed E-state index contributed by atoms with van der Waals surface area (Å²) < 4.78 is 60.1. The number of hydrogen-bond acceptors (Lipinski definition) is 7. The molecule has 44 heavy (non-hydrogen) atoms. The van der Waals surface area contributed by atoms with Crippen molar-refractivity contribution in [2.75, 3.05) is 0 Å². The van der Waals surface area contributed by atoms with Gasteiger partial charge >= 0.3 is 0 Å². The SMILES string of the molecule is O=C(CCCCc1cc2cc(-c3noc(Cc4ccc(F)cc4)n3)ccc2c(=O)n1-c1ccc(F)cc1)NS(=O)(=O)C1CC1. The zero-order chi connectivity index (χ0) is 30.8.